The zero-order chi connectivity index (χ0) is 15.8. The Morgan fingerprint density at radius 2 is 1.90 bits per heavy atom. The summed E-state index contributed by atoms with van der Waals surface area (Å²) in [4.78, 5) is 33.4. The highest BCUT2D eigenvalue weighted by molar-refractivity contribution is 5.88. The number of carbonyl (C=O) groups excluding carboxylic acids is 2. The molecule has 0 fully saturated rings. The Hall–Kier alpha value is -2.44. The van der Waals surface area contributed by atoms with E-state index in [0.717, 1.165) is 0 Å². The van der Waals surface area contributed by atoms with Gasteiger partial charge in [0.2, 0.25) is 11.8 Å². The summed E-state index contributed by atoms with van der Waals surface area (Å²) in [6.45, 7) is 1.48. The van der Waals surface area contributed by atoms with Gasteiger partial charge in [-0.2, -0.15) is 0 Å². The predicted octanol–water partition coefficient (Wildman–Crippen LogP) is 0.811. The van der Waals surface area contributed by atoms with Crippen molar-refractivity contribution in [1.82, 2.24) is 10.6 Å². The normalized spacial score (nSPS) is 11.5. The fourth-order valence-electron chi connectivity index (χ4n) is 1.58. The van der Waals surface area contributed by atoms with E-state index in [4.69, 9.17) is 5.11 Å². The van der Waals surface area contributed by atoms with Gasteiger partial charge in [-0.3, -0.25) is 14.4 Å². The molecule has 0 aliphatic carbocycles. The molecule has 1 rings (SSSR count). The van der Waals surface area contributed by atoms with Crippen LogP contribution in [0.15, 0.2) is 24.3 Å². The highest BCUT2D eigenvalue weighted by atomic mass is 19.1. The number of nitrogens with one attached hydrogen (secondary N) is 2. The minimum Gasteiger partial charge on any atom is -0.481 e. The lowest BCUT2D eigenvalue weighted by molar-refractivity contribution is -0.139. The van der Waals surface area contributed by atoms with Crippen molar-refractivity contribution in [3.05, 3.63) is 35.6 Å². The van der Waals surface area contributed by atoms with Gasteiger partial charge in [0.1, 0.15) is 11.9 Å². The summed E-state index contributed by atoms with van der Waals surface area (Å²) >= 11 is 0. The van der Waals surface area contributed by atoms with Gasteiger partial charge in [0.15, 0.2) is 0 Å². The van der Waals surface area contributed by atoms with Crippen LogP contribution in [0.25, 0.3) is 0 Å². The van der Waals surface area contributed by atoms with E-state index >= 15 is 0 Å². The van der Waals surface area contributed by atoms with Crippen molar-refractivity contribution in [2.45, 2.75) is 32.4 Å². The summed E-state index contributed by atoms with van der Waals surface area (Å²) in [5.41, 5.74) is 0.343. The number of halogens is 1. The molecule has 0 spiro atoms. The summed E-state index contributed by atoms with van der Waals surface area (Å²) in [5.74, 6) is -2.49. The Bertz CT molecular complexity index is 533. The molecule has 114 valence electrons. The maximum atomic E-state index is 13.4. The lowest BCUT2D eigenvalue weighted by Crippen LogP contribution is -2.44. The molecule has 1 aromatic carbocycles. The van der Waals surface area contributed by atoms with E-state index in [9.17, 15) is 18.8 Å². The van der Waals surface area contributed by atoms with E-state index in [0.29, 0.717) is 5.56 Å². The SMILES string of the molecule is C[C@@H](NC(=O)CCC(=O)O)C(=O)NCc1ccccc1F. The van der Waals surface area contributed by atoms with Crippen LogP contribution in [0, 0.1) is 5.82 Å². The first-order valence-corrected chi connectivity index (χ1v) is 6.42. The molecule has 0 unspecified atom stereocenters. The van der Waals surface area contributed by atoms with E-state index in [1.165, 1.54) is 13.0 Å². The largest absolute Gasteiger partial charge is 0.481 e. The summed E-state index contributed by atoms with van der Waals surface area (Å²) in [6.07, 6.45) is -0.490. The van der Waals surface area contributed by atoms with Crippen molar-refractivity contribution >= 4 is 17.8 Å². The number of benzene rings is 1. The van der Waals surface area contributed by atoms with E-state index in [2.05, 4.69) is 10.6 Å². The van der Waals surface area contributed by atoms with Crippen LogP contribution in [0.5, 0.6) is 0 Å². The number of hydrogen-bond donors (Lipinski definition) is 3. The molecule has 0 radical (unpaired) electrons. The van der Waals surface area contributed by atoms with Crippen molar-refractivity contribution in [2.24, 2.45) is 0 Å². The zero-order valence-corrected chi connectivity index (χ0v) is 11.6. The van der Waals surface area contributed by atoms with Crippen LogP contribution >= 0.6 is 0 Å². The van der Waals surface area contributed by atoms with E-state index in [1.54, 1.807) is 18.2 Å². The molecule has 0 heterocycles. The second-order valence-electron chi connectivity index (χ2n) is 4.49. The van der Waals surface area contributed by atoms with Crippen molar-refractivity contribution in [3.63, 3.8) is 0 Å². The van der Waals surface area contributed by atoms with Gasteiger partial charge in [-0.15, -0.1) is 0 Å². The molecular weight excluding hydrogens is 279 g/mol. The molecule has 2 amide bonds. The molecular formula is C14H17FN2O4. The molecule has 7 heteroatoms. The van der Waals surface area contributed by atoms with Gasteiger partial charge >= 0.3 is 5.97 Å². The van der Waals surface area contributed by atoms with Crippen LogP contribution in [-0.4, -0.2) is 28.9 Å². The lowest BCUT2D eigenvalue weighted by atomic mass is 10.2. The van der Waals surface area contributed by atoms with Gasteiger partial charge in [0, 0.05) is 18.5 Å². The smallest absolute Gasteiger partial charge is 0.303 e. The molecule has 6 nitrogen and oxygen atoms in total. The van der Waals surface area contributed by atoms with Gasteiger partial charge in [0.05, 0.1) is 6.42 Å². The van der Waals surface area contributed by atoms with Crippen LogP contribution in [0.3, 0.4) is 0 Å². The van der Waals surface area contributed by atoms with Crippen molar-refractivity contribution in [1.29, 1.82) is 0 Å². The highest BCUT2D eigenvalue weighted by Gasteiger charge is 2.16. The van der Waals surface area contributed by atoms with Crippen LogP contribution in [-0.2, 0) is 20.9 Å². The molecule has 21 heavy (non-hydrogen) atoms. The fraction of sp³-hybridized carbons (Fsp3) is 0.357. The molecule has 0 aliphatic rings. The van der Waals surface area contributed by atoms with Crippen LogP contribution in [0.1, 0.15) is 25.3 Å². The number of amides is 2. The van der Waals surface area contributed by atoms with E-state index in [1.807, 2.05) is 0 Å². The van der Waals surface area contributed by atoms with Gasteiger partial charge < -0.3 is 15.7 Å². The second kappa shape index (κ2) is 7.98. The van der Waals surface area contributed by atoms with E-state index in [-0.39, 0.29) is 19.4 Å². The minimum absolute atomic E-state index is 0.0147. The number of rotatable bonds is 7. The molecule has 1 aromatic rings. The number of hydrogen-bond acceptors (Lipinski definition) is 3. The Balaban J connectivity index is 2.39. The van der Waals surface area contributed by atoms with Crippen molar-refractivity contribution in [2.75, 3.05) is 0 Å². The Morgan fingerprint density at radius 1 is 1.24 bits per heavy atom. The maximum absolute atomic E-state index is 13.4. The predicted molar refractivity (Wildman–Crippen MR) is 72.7 cm³/mol. The second-order valence-corrected chi connectivity index (χ2v) is 4.49. The first kappa shape index (κ1) is 16.6. The zero-order valence-electron chi connectivity index (χ0n) is 11.6. The number of carboxylic acids is 1. The molecule has 0 aliphatic heterocycles. The number of carboxylic acid groups (broad SMARTS) is 1. The number of carbonyl (C=O) groups is 3. The third-order valence-electron chi connectivity index (χ3n) is 2.75. The fourth-order valence-corrected chi connectivity index (χ4v) is 1.58. The summed E-state index contributed by atoms with van der Waals surface area (Å²) < 4.78 is 13.4. The minimum atomic E-state index is -1.08. The molecule has 0 saturated heterocycles. The average Bonchev–Trinajstić information content (AvgIpc) is 2.43. The average molecular weight is 296 g/mol. The van der Waals surface area contributed by atoms with Crippen LogP contribution in [0.2, 0.25) is 0 Å². The Morgan fingerprint density at radius 3 is 2.52 bits per heavy atom. The first-order chi connectivity index (χ1) is 9.90. The van der Waals surface area contributed by atoms with Gasteiger partial charge in [-0.1, -0.05) is 18.2 Å². The van der Waals surface area contributed by atoms with Crippen LogP contribution < -0.4 is 10.6 Å². The highest BCUT2D eigenvalue weighted by Crippen LogP contribution is 2.05. The summed E-state index contributed by atoms with van der Waals surface area (Å²) in [7, 11) is 0. The topological polar surface area (TPSA) is 95.5 Å². The Labute approximate surface area is 121 Å². The van der Waals surface area contributed by atoms with Gasteiger partial charge in [0.25, 0.3) is 0 Å². The third kappa shape index (κ3) is 6.03. The monoisotopic (exact) mass is 296 g/mol. The van der Waals surface area contributed by atoms with Crippen molar-refractivity contribution < 1.29 is 23.9 Å². The molecule has 3 N–H and O–H groups in total. The first-order valence-electron chi connectivity index (χ1n) is 6.42. The Kier molecular flexibility index (Phi) is 6.32. The molecule has 1 atom stereocenters. The number of aliphatic carboxylic acids is 1. The standard InChI is InChI=1S/C14H17FN2O4/c1-9(17-12(18)6-7-13(19)20)14(21)16-8-10-4-2-3-5-11(10)15/h2-5,9H,6-8H2,1H3,(H,16,21)(H,17,18)(H,19,20)/t9-/m1/s1. The quantitative estimate of drug-likeness (QED) is 0.694. The lowest BCUT2D eigenvalue weighted by Gasteiger charge is -2.14. The van der Waals surface area contributed by atoms with Gasteiger partial charge in [-0.25, -0.2) is 4.39 Å². The van der Waals surface area contributed by atoms with E-state index < -0.39 is 29.6 Å². The van der Waals surface area contributed by atoms with Crippen molar-refractivity contribution in [3.8, 4) is 0 Å². The molecule has 0 bridgehead atoms. The third-order valence-corrected chi connectivity index (χ3v) is 2.75. The molecule has 0 saturated carbocycles. The maximum Gasteiger partial charge on any atom is 0.303 e. The summed E-state index contributed by atoms with van der Waals surface area (Å²) in [5, 5.41) is 13.3. The van der Waals surface area contributed by atoms with Gasteiger partial charge in [-0.05, 0) is 13.0 Å². The summed E-state index contributed by atoms with van der Waals surface area (Å²) in [6, 6.07) is 5.22. The van der Waals surface area contributed by atoms with Crippen LogP contribution in [0.4, 0.5) is 4.39 Å². The molecule has 0 aromatic heterocycles.